The summed E-state index contributed by atoms with van der Waals surface area (Å²) in [7, 11) is 0. The highest BCUT2D eigenvalue weighted by Gasteiger charge is 2.19. The molecule has 2 aliphatic rings. The molecule has 1 saturated heterocycles. The van der Waals surface area contributed by atoms with Crippen LogP contribution in [0.1, 0.15) is 6.42 Å². The molecule has 0 saturated carbocycles. The van der Waals surface area contributed by atoms with Crippen molar-refractivity contribution < 1.29 is 19.0 Å². The lowest BCUT2D eigenvalue weighted by Gasteiger charge is -2.21. The van der Waals surface area contributed by atoms with Crippen LogP contribution in [0.15, 0.2) is 17.0 Å². The van der Waals surface area contributed by atoms with Crippen molar-refractivity contribution in [1.29, 1.82) is 0 Å². The van der Waals surface area contributed by atoms with Crippen molar-refractivity contribution in [3.63, 3.8) is 0 Å². The summed E-state index contributed by atoms with van der Waals surface area (Å²) in [6.07, 6.45) is 2.96. The van der Waals surface area contributed by atoms with E-state index in [0.717, 1.165) is 36.0 Å². The van der Waals surface area contributed by atoms with Crippen LogP contribution in [0, 0.1) is 5.92 Å². The molecule has 7 heteroatoms. The fourth-order valence-corrected chi connectivity index (χ4v) is 3.04. The summed E-state index contributed by atoms with van der Waals surface area (Å²) >= 11 is 1.56. The zero-order valence-corrected chi connectivity index (χ0v) is 13.3. The number of nitrogens with one attached hydrogen (secondary N) is 2. The lowest BCUT2D eigenvalue weighted by Crippen LogP contribution is -2.33. The molecular weight excluding hydrogens is 304 g/mol. The summed E-state index contributed by atoms with van der Waals surface area (Å²) in [6.45, 7) is 3.22. The van der Waals surface area contributed by atoms with Crippen molar-refractivity contribution in [2.75, 3.05) is 44.5 Å². The summed E-state index contributed by atoms with van der Waals surface area (Å²) in [5.74, 6) is 1.80. The molecule has 1 atom stereocenters. The summed E-state index contributed by atoms with van der Waals surface area (Å²) in [4.78, 5) is 13.0. The van der Waals surface area contributed by atoms with E-state index in [9.17, 15) is 4.79 Å². The van der Waals surface area contributed by atoms with E-state index in [0.29, 0.717) is 31.4 Å². The van der Waals surface area contributed by atoms with Crippen LogP contribution < -0.4 is 20.1 Å². The molecule has 0 bridgehead atoms. The predicted octanol–water partition coefficient (Wildman–Crippen LogP) is 2.34. The molecule has 1 aromatic rings. The maximum Gasteiger partial charge on any atom is 0.319 e. The third kappa shape index (κ3) is 3.59. The van der Waals surface area contributed by atoms with E-state index in [-0.39, 0.29) is 6.03 Å². The minimum Gasteiger partial charge on any atom is -0.486 e. The minimum absolute atomic E-state index is 0.209. The van der Waals surface area contributed by atoms with Gasteiger partial charge in [0.15, 0.2) is 11.5 Å². The van der Waals surface area contributed by atoms with Crippen LogP contribution in [0.4, 0.5) is 10.5 Å². The van der Waals surface area contributed by atoms with Gasteiger partial charge in [-0.05, 0) is 18.7 Å². The molecule has 0 unspecified atom stereocenters. The van der Waals surface area contributed by atoms with E-state index < -0.39 is 0 Å². The molecule has 0 aliphatic carbocycles. The molecule has 2 amide bonds. The number of ether oxygens (including phenoxy) is 3. The molecule has 0 aromatic heterocycles. The SMILES string of the molecule is CSc1cc2c(cc1NC(=O)NC[C@@H]1CCOC1)OCCO2. The van der Waals surface area contributed by atoms with Crippen molar-refractivity contribution in [3.8, 4) is 11.5 Å². The highest BCUT2D eigenvalue weighted by Crippen LogP contribution is 2.39. The molecular formula is C15H20N2O4S. The Morgan fingerprint density at radius 3 is 2.73 bits per heavy atom. The molecule has 1 aromatic carbocycles. The fourth-order valence-electron chi connectivity index (χ4n) is 2.48. The van der Waals surface area contributed by atoms with E-state index in [4.69, 9.17) is 14.2 Å². The van der Waals surface area contributed by atoms with E-state index in [2.05, 4.69) is 10.6 Å². The van der Waals surface area contributed by atoms with Crippen LogP contribution in [-0.4, -0.2) is 45.3 Å². The number of benzene rings is 1. The number of hydrogen-bond acceptors (Lipinski definition) is 5. The number of fused-ring (bicyclic) bond motifs is 1. The third-order valence-corrected chi connectivity index (χ3v) is 4.47. The van der Waals surface area contributed by atoms with Crippen molar-refractivity contribution in [3.05, 3.63) is 12.1 Å². The average molecular weight is 324 g/mol. The number of urea groups is 1. The molecule has 2 aliphatic heterocycles. The molecule has 2 N–H and O–H groups in total. The van der Waals surface area contributed by atoms with Gasteiger partial charge in [0.05, 0.1) is 12.3 Å². The Morgan fingerprint density at radius 1 is 1.27 bits per heavy atom. The van der Waals surface area contributed by atoms with Crippen molar-refractivity contribution >= 4 is 23.5 Å². The largest absolute Gasteiger partial charge is 0.486 e. The highest BCUT2D eigenvalue weighted by atomic mass is 32.2. The first kappa shape index (κ1) is 15.3. The second kappa shape index (κ2) is 7.11. The number of anilines is 1. The third-order valence-electron chi connectivity index (χ3n) is 3.69. The Balaban J connectivity index is 1.64. The quantitative estimate of drug-likeness (QED) is 0.832. The number of carbonyl (C=O) groups excluding carboxylic acids is 1. The number of amides is 2. The molecule has 2 heterocycles. The van der Waals surface area contributed by atoms with Crippen molar-refractivity contribution in [2.24, 2.45) is 5.92 Å². The number of carbonyl (C=O) groups is 1. The van der Waals surface area contributed by atoms with E-state index in [1.54, 1.807) is 11.8 Å². The first-order valence-corrected chi connectivity index (χ1v) is 8.59. The van der Waals surface area contributed by atoms with Crippen molar-refractivity contribution in [1.82, 2.24) is 5.32 Å². The zero-order valence-electron chi connectivity index (χ0n) is 12.5. The molecule has 120 valence electrons. The monoisotopic (exact) mass is 324 g/mol. The van der Waals surface area contributed by atoms with Gasteiger partial charge in [-0.3, -0.25) is 0 Å². The summed E-state index contributed by atoms with van der Waals surface area (Å²) < 4.78 is 16.4. The van der Waals surface area contributed by atoms with Crippen LogP contribution >= 0.6 is 11.8 Å². The maximum atomic E-state index is 12.1. The molecule has 22 heavy (non-hydrogen) atoms. The fraction of sp³-hybridized carbons (Fsp3) is 0.533. The lowest BCUT2D eigenvalue weighted by atomic mass is 10.1. The second-order valence-corrected chi connectivity index (χ2v) is 6.11. The normalized spacial score (nSPS) is 19.8. The Hall–Kier alpha value is -1.60. The topological polar surface area (TPSA) is 68.8 Å². The molecule has 0 spiro atoms. The predicted molar refractivity (Wildman–Crippen MR) is 85.2 cm³/mol. The van der Waals surface area contributed by atoms with Crippen LogP contribution in [0.5, 0.6) is 11.5 Å². The van der Waals surface area contributed by atoms with Gasteiger partial charge < -0.3 is 24.8 Å². The summed E-state index contributed by atoms with van der Waals surface area (Å²) in [5, 5.41) is 5.78. The van der Waals surface area contributed by atoms with Crippen molar-refractivity contribution in [2.45, 2.75) is 11.3 Å². The van der Waals surface area contributed by atoms with Crippen LogP contribution in [0.2, 0.25) is 0 Å². The van der Waals surface area contributed by atoms with Gasteiger partial charge in [0.2, 0.25) is 0 Å². The average Bonchev–Trinajstić information content (AvgIpc) is 3.05. The van der Waals surface area contributed by atoms with Gasteiger partial charge in [-0.2, -0.15) is 0 Å². The summed E-state index contributed by atoms with van der Waals surface area (Å²) in [5.41, 5.74) is 0.733. The van der Waals surface area contributed by atoms with E-state index >= 15 is 0 Å². The van der Waals surface area contributed by atoms with Gasteiger partial charge in [-0.1, -0.05) is 0 Å². The van der Waals surface area contributed by atoms with E-state index in [1.807, 2.05) is 18.4 Å². The molecule has 0 radical (unpaired) electrons. The van der Waals surface area contributed by atoms with Gasteiger partial charge in [-0.15, -0.1) is 11.8 Å². The molecule has 3 rings (SSSR count). The van der Waals surface area contributed by atoms with Gasteiger partial charge >= 0.3 is 6.03 Å². The molecule has 6 nitrogen and oxygen atoms in total. The first-order valence-electron chi connectivity index (χ1n) is 7.36. The maximum absolute atomic E-state index is 12.1. The summed E-state index contributed by atoms with van der Waals surface area (Å²) in [6, 6.07) is 3.51. The standard InChI is InChI=1S/C15H20N2O4S/c1-22-14-7-13-12(20-4-5-21-13)6-11(14)17-15(18)16-8-10-2-3-19-9-10/h6-7,10H,2-5,8-9H2,1H3,(H2,16,17,18)/t10-/m0/s1. The number of hydrogen-bond donors (Lipinski definition) is 2. The van der Waals surface area contributed by atoms with Gasteiger partial charge in [0, 0.05) is 30.0 Å². The molecule has 1 fully saturated rings. The van der Waals surface area contributed by atoms with Gasteiger partial charge in [0.25, 0.3) is 0 Å². The van der Waals surface area contributed by atoms with Gasteiger partial charge in [-0.25, -0.2) is 4.79 Å². The second-order valence-electron chi connectivity index (χ2n) is 5.26. The highest BCUT2D eigenvalue weighted by molar-refractivity contribution is 7.98. The lowest BCUT2D eigenvalue weighted by molar-refractivity contribution is 0.171. The number of thioether (sulfide) groups is 1. The van der Waals surface area contributed by atoms with Crippen LogP contribution in [0.3, 0.4) is 0 Å². The van der Waals surface area contributed by atoms with Crippen LogP contribution in [-0.2, 0) is 4.74 Å². The first-order chi connectivity index (χ1) is 10.8. The minimum atomic E-state index is -0.209. The Morgan fingerprint density at radius 2 is 2.05 bits per heavy atom. The number of rotatable bonds is 4. The van der Waals surface area contributed by atoms with E-state index in [1.165, 1.54) is 0 Å². The van der Waals surface area contributed by atoms with Crippen LogP contribution in [0.25, 0.3) is 0 Å². The zero-order chi connectivity index (χ0) is 15.4. The Labute approximate surface area is 133 Å². The smallest absolute Gasteiger partial charge is 0.319 e. The Bertz CT molecular complexity index is 547. The van der Waals surface area contributed by atoms with Gasteiger partial charge in [0.1, 0.15) is 13.2 Å². The Kier molecular flexibility index (Phi) is 4.94.